The summed E-state index contributed by atoms with van der Waals surface area (Å²) in [5, 5.41) is 3.19. The van der Waals surface area contributed by atoms with Crippen LogP contribution in [0.15, 0.2) is 10.5 Å². The molecule has 2 atom stereocenters. The molecule has 0 saturated carbocycles. The van der Waals surface area contributed by atoms with Crippen molar-refractivity contribution in [1.82, 2.24) is 10.2 Å². The minimum Gasteiger partial charge on any atom is -0.374 e. The molecule has 2 heterocycles. The molecular weight excluding hydrogens is 324 g/mol. The Kier molecular flexibility index (Phi) is 4.86. The Labute approximate surface area is 119 Å². The van der Waals surface area contributed by atoms with Gasteiger partial charge in [-0.05, 0) is 36.1 Å². The van der Waals surface area contributed by atoms with E-state index in [0.29, 0.717) is 0 Å². The van der Waals surface area contributed by atoms with Gasteiger partial charge in [-0.2, -0.15) is 0 Å². The topological polar surface area (TPSA) is 24.5 Å². The van der Waals surface area contributed by atoms with E-state index >= 15 is 0 Å². The second-order valence-corrected chi connectivity index (χ2v) is 6.70. The molecule has 0 amide bonds. The first-order chi connectivity index (χ1) is 8.13. The van der Waals surface area contributed by atoms with Crippen molar-refractivity contribution in [1.29, 1.82) is 0 Å². The Morgan fingerprint density at radius 2 is 2.47 bits per heavy atom. The maximum Gasteiger partial charge on any atom is 0.107 e. The van der Waals surface area contributed by atoms with Gasteiger partial charge in [0, 0.05) is 22.4 Å². The number of hydrogen-bond acceptors (Lipinski definition) is 4. The van der Waals surface area contributed by atoms with Crippen LogP contribution in [0, 0.1) is 0 Å². The van der Waals surface area contributed by atoms with Crippen LogP contribution in [0.3, 0.4) is 0 Å². The number of thiophene rings is 1. The quantitative estimate of drug-likeness (QED) is 0.916. The van der Waals surface area contributed by atoms with Gasteiger partial charge in [0.25, 0.3) is 0 Å². The Morgan fingerprint density at radius 1 is 1.71 bits per heavy atom. The van der Waals surface area contributed by atoms with Gasteiger partial charge in [-0.15, -0.1) is 11.3 Å². The summed E-state index contributed by atoms with van der Waals surface area (Å²) >= 11 is 11.2. The molecular formula is C11H16BrClN2OS. The lowest BCUT2D eigenvalue weighted by molar-refractivity contribution is -0.0594. The van der Waals surface area contributed by atoms with E-state index in [1.165, 1.54) is 4.88 Å². The molecule has 1 aliphatic rings. The number of morpholine rings is 1. The molecule has 0 aliphatic carbocycles. The molecule has 0 spiro atoms. The van der Waals surface area contributed by atoms with Crippen LogP contribution >= 0.6 is 38.9 Å². The monoisotopic (exact) mass is 338 g/mol. The molecule has 17 heavy (non-hydrogen) atoms. The van der Waals surface area contributed by atoms with Crippen molar-refractivity contribution >= 4 is 38.9 Å². The fourth-order valence-electron chi connectivity index (χ4n) is 2.14. The van der Waals surface area contributed by atoms with E-state index in [1.54, 1.807) is 11.3 Å². The van der Waals surface area contributed by atoms with Crippen LogP contribution in [0.5, 0.6) is 0 Å². The standard InChI is InChI=1S/C11H16BrClN2OS/c1-14-6-8-10(15(2)3-4-16-8)9-5-7(12)11(13)17-9/h5,8,10,14H,3-4,6H2,1-2H3. The van der Waals surface area contributed by atoms with Crippen molar-refractivity contribution in [3.63, 3.8) is 0 Å². The Balaban J connectivity index is 2.24. The Bertz CT molecular complexity index is 366. The van der Waals surface area contributed by atoms with Crippen LogP contribution in [0.2, 0.25) is 4.34 Å². The van der Waals surface area contributed by atoms with E-state index in [0.717, 1.165) is 28.5 Å². The zero-order valence-corrected chi connectivity index (χ0v) is 13.0. The molecule has 0 radical (unpaired) electrons. The summed E-state index contributed by atoms with van der Waals surface area (Å²) in [5.74, 6) is 0. The number of nitrogens with zero attached hydrogens (tertiary/aromatic N) is 1. The van der Waals surface area contributed by atoms with Crippen molar-refractivity contribution < 1.29 is 4.74 Å². The van der Waals surface area contributed by atoms with Crippen LogP contribution in [0.4, 0.5) is 0 Å². The molecule has 1 saturated heterocycles. The van der Waals surface area contributed by atoms with Crippen molar-refractivity contribution in [3.05, 3.63) is 19.8 Å². The van der Waals surface area contributed by atoms with Crippen LogP contribution in [-0.2, 0) is 4.74 Å². The summed E-state index contributed by atoms with van der Waals surface area (Å²) in [5.41, 5.74) is 0. The number of ether oxygens (including phenoxy) is 1. The molecule has 3 nitrogen and oxygen atoms in total. The molecule has 2 unspecified atom stereocenters. The zero-order chi connectivity index (χ0) is 12.4. The minimum absolute atomic E-state index is 0.181. The predicted molar refractivity (Wildman–Crippen MR) is 76.1 cm³/mol. The molecule has 96 valence electrons. The van der Waals surface area contributed by atoms with Gasteiger partial charge in [-0.1, -0.05) is 11.6 Å². The molecule has 0 aromatic carbocycles. The molecule has 1 aliphatic heterocycles. The van der Waals surface area contributed by atoms with Gasteiger partial charge < -0.3 is 10.1 Å². The maximum absolute atomic E-state index is 6.12. The maximum atomic E-state index is 6.12. The third-order valence-electron chi connectivity index (χ3n) is 2.96. The van der Waals surface area contributed by atoms with E-state index < -0.39 is 0 Å². The summed E-state index contributed by atoms with van der Waals surface area (Å²) in [7, 11) is 4.09. The second kappa shape index (κ2) is 5.99. The Hall–Kier alpha value is 0.350. The molecule has 1 N–H and O–H groups in total. The van der Waals surface area contributed by atoms with Gasteiger partial charge in [-0.25, -0.2) is 0 Å². The predicted octanol–water partition coefficient (Wildman–Crippen LogP) is 2.76. The van der Waals surface area contributed by atoms with Gasteiger partial charge >= 0.3 is 0 Å². The third kappa shape index (κ3) is 3.03. The van der Waals surface area contributed by atoms with Gasteiger partial charge in [0.15, 0.2) is 0 Å². The number of halogens is 2. The molecule has 1 aromatic heterocycles. The minimum atomic E-state index is 0.181. The first-order valence-electron chi connectivity index (χ1n) is 5.54. The summed E-state index contributed by atoms with van der Waals surface area (Å²) in [6, 6.07) is 2.39. The number of nitrogens with one attached hydrogen (secondary N) is 1. The van der Waals surface area contributed by atoms with Crippen molar-refractivity contribution in [3.8, 4) is 0 Å². The lowest BCUT2D eigenvalue weighted by Gasteiger charge is -2.38. The SMILES string of the molecule is CNCC1OCCN(C)C1c1cc(Br)c(Cl)s1. The van der Waals surface area contributed by atoms with E-state index in [1.807, 2.05) is 7.05 Å². The third-order valence-corrected chi connectivity index (χ3v) is 5.51. The second-order valence-electron chi connectivity index (χ2n) is 4.16. The largest absolute Gasteiger partial charge is 0.374 e. The van der Waals surface area contributed by atoms with Crippen molar-refractivity contribution in [2.75, 3.05) is 33.8 Å². The number of hydrogen-bond donors (Lipinski definition) is 1. The average molecular weight is 340 g/mol. The van der Waals surface area contributed by atoms with Gasteiger partial charge in [0.2, 0.25) is 0 Å². The summed E-state index contributed by atoms with van der Waals surface area (Å²) < 4.78 is 7.63. The number of likely N-dealkylation sites (N-methyl/N-ethyl adjacent to an activating group) is 2. The molecule has 1 aromatic rings. The van der Waals surface area contributed by atoms with Crippen LogP contribution in [-0.4, -0.2) is 44.8 Å². The first kappa shape index (κ1) is 13.8. The summed E-state index contributed by atoms with van der Waals surface area (Å²) in [4.78, 5) is 3.59. The smallest absolute Gasteiger partial charge is 0.107 e. The molecule has 6 heteroatoms. The van der Waals surface area contributed by atoms with E-state index in [4.69, 9.17) is 16.3 Å². The normalized spacial score (nSPS) is 26.4. The highest BCUT2D eigenvalue weighted by Crippen LogP contribution is 2.39. The van der Waals surface area contributed by atoms with Crippen LogP contribution in [0.25, 0.3) is 0 Å². The number of rotatable bonds is 3. The molecule has 0 bridgehead atoms. The van der Waals surface area contributed by atoms with Crippen molar-refractivity contribution in [2.45, 2.75) is 12.1 Å². The summed E-state index contributed by atoms with van der Waals surface area (Å²) in [6.07, 6.45) is 0.181. The van der Waals surface area contributed by atoms with E-state index in [-0.39, 0.29) is 12.1 Å². The fraction of sp³-hybridized carbons (Fsp3) is 0.636. The highest BCUT2D eigenvalue weighted by atomic mass is 79.9. The highest BCUT2D eigenvalue weighted by molar-refractivity contribution is 9.10. The van der Waals surface area contributed by atoms with Gasteiger partial charge in [0.1, 0.15) is 4.34 Å². The molecule has 1 fully saturated rings. The van der Waals surface area contributed by atoms with E-state index in [2.05, 4.69) is 39.3 Å². The molecule has 2 rings (SSSR count). The summed E-state index contributed by atoms with van der Waals surface area (Å²) in [6.45, 7) is 2.60. The fourth-order valence-corrected chi connectivity index (χ4v) is 4.10. The lowest BCUT2D eigenvalue weighted by atomic mass is 10.1. The highest BCUT2D eigenvalue weighted by Gasteiger charge is 2.32. The average Bonchev–Trinajstić information content (AvgIpc) is 2.59. The first-order valence-corrected chi connectivity index (χ1v) is 7.53. The van der Waals surface area contributed by atoms with Crippen LogP contribution in [0.1, 0.15) is 10.9 Å². The van der Waals surface area contributed by atoms with Gasteiger partial charge in [0.05, 0.1) is 18.8 Å². The lowest BCUT2D eigenvalue weighted by Crippen LogP contribution is -2.46. The van der Waals surface area contributed by atoms with Crippen molar-refractivity contribution in [2.24, 2.45) is 0 Å². The zero-order valence-electron chi connectivity index (χ0n) is 9.87. The Morgan fingerprint density at radius 3 is 3.06 bits per heavy atom. The van der Waals surface area contributed by atoms with E-state index in [9.17, 15) is 0 Å². The van der Waals surface area contributed by atoms with Gasteiger partial charge in [-0.3, -0.25) is 4.90 Å². The van der Waals surface area contributed by atoms with Crippen LogP contribution < -0.4 is 5.32 Å².